The van der Waals surface area contributed by atoms with Crippen LogP contribution in [0.5, 0.6) is 0 Å². The molecule has 2 rings (SSSR count). The molecule has 1 fully saturated rings. The highest BCUT2D eigenvalue weighted by Gasteiger charge is 2.54. The van der Waals surface area contributed by atoms with Crippen molar-refractivity contribution in [3.8, 4) is 0 Å². The summed E-state index contributed by atoms with van der Waals surface area (Å²) in [6, 6.07) is 0. The number of halogens is 1. The zero-order valence-electron chi connectivity index (χ0n) is 6.70. The fraction of sp³-hybridized carbons (Fsp3) is 0.375. The van der Waals surface area contributed by atoms with Gasteiger partial charge in [0, 0.05) is 6.20 Å². The molecule has 1 aliphatic rings. The van der Waals surface area contributed by atoms with Crippen LogP contribution >= 0.6 is 22.6 Å². The van der Waals surface area contributed by atoms with Gasteiger partial charge in [-0.3, -0.25) is 4.79 Å². The molecule has 0 bridgehead atoms. The maximum absolute atomic E-state index is 11.0. The maximum Gasteiger partial charge on any atom is 0.315 e. The van der Waals surface area contributed by atoms with Crippen molar-refractivity contribution >= 4 is 28.6 Å². The van der Waals surface area contributed by atoms with E-state index in [0.29, 0.717) is 18.5 Å². The van der Waals surface area contributed by atoms with Gasteiger partial charge in [0.25, 0.3) is 0 Å². The van der Waals surface area contributed by atoms with Gasteiger partial charge in [-0.15, -0.1) is 0 Å². The molecule has 1 heterocycles. The summed E-state index contributed by atoms with van der Waals surface area (Å²) in [7, 11) is 0. The molecule has 13 heavy (non-hydrogen) atoms. The number of aliphatic carboxylic acids is 1. The van der Waals surface area contributed by atoms with Crippen molar-refractivity contribution in [2.45, 2.75) is 18.3 Å². The summed E-state index contributed by atoms with van der Waals surface area (Å²) in [5, 5.41) is 9.02. The summed E-state index contributed by atoms with van der Waals surface area (Å²) < 4.78 is 0.833. The molecule has 1 saturated carbocycles. The Hall–Kier alpha value is -0.720. The predicted octanol–water partition coefficient (Wildman–Crippen LogP) is 1.20. The summed E-state index contributed by atoms with van der Waals surface area (Å²) >= 11 is 2.07. The number of hydrogen-bond donors (Lipinski definition) is 1. The van der Waals surface area contributed by atoms with Crippen molar-refractivity contribution < 1.29 is 9.90 Å². The fourth-order valence-electron chi connectivity index (χ4n) is 1.34. The van der Waals surface area contributed by atoms with Crippen LogP contribution in [0, 0.1) is 3.57 Å². The second-order valence-electron chi connectivity index (χ2n) is 3.11. The van der Waals surface area contributed by atoms with Gasteiger partial charge in [-0.1, -0.05) is 0 Å². The van der Waals surface area contributed by atoms with Crippen molar-refractivity contribution in [3.63, 3.8) is 0 Å². The van der Waals surface area contributed by atoms with Crippen LogP contribution in [0.1, 0.15) is 18.5 Å². The third-order valence-electron chi connectivity index (χ3n) is 2.28. The number of rotatable bonds is 2. The number of aromatic nitrogens is 2. The van der Waals surface area contributed by atoms with Crippen LogP contribution in [0.3, 0.4) is 0 Å². The molecule has 0 amide bonds. The van der Waals surface area contributed by atoms with E-state index < -0.39 is 11.4 Å². The molecule has 0 saturated heterocycles. The minimum absolute atomic E-state index is 0.663. The molecule has 1 aromatic heterocycles. The van der Waals surface area contributed by atoms with E-state index >= 15 is 0 Å². The Morgan fingerprint density at radius 3 is 2.77 bits per heavy atom. The molecule has 5 heteroatoms. The molecular formula is C8H7IN2O2. The summed E-state index contributed by atoms with van der Waals surface area (Å²) in [4.78, 5) is 18.8. The molecule has 68 valence electrons. The summed E-state index contributed by atoms with van der Waals surface area (Å²) in [6.45, 7) is 0. The highest BCUT2D eigenvalue weighted by Crippen LogP contribution is 2.48. The summed E-state index contributed by atoms with van der Waals surface area (Å²) in [5.41, 5.74) is -0.0463. The van der Waals surface area contributed by atoms with E-state index in [4.69, 9.17) is 5.11 Å². The Balaban J connectivity index is 2.47. The summed E-state index contributed by atoms with van der Waals surface area (Å²) in [6.07, 6.45) is 4.43. The first kappa shape index (κ1) is 8.86. The predicted molar refractivity (Wildman–Crippen MR) is 53.3 cm³/mol. The Morgan fingerprint density at radius 1 is 1.62 bits per heavy atom. The number of nitrogens with zero attached hydrogens (tertiary/aromatic N) is 2. The number of carbonyl (C=O) groups is 1. The second kappa shape index (κ2) is 2.90. The van der Waals surface area contributed by atoms with Crippen molar-refractivity contribution in [1.29, 1.82) is 0 Å². The van der Waals surface area contributed by atoms with E-state index in [-0.39, 0.29) is 0 Å². The lowest BCUT2D eigenvalue weighted by Crippen LogP contribution is -2.22. The molecule has 0 spiro atoms. The van der Waals surface area contributed by atoms with Crippen molar-refractivity contribution in [2.75, 3.05) is 0 Å². The summed E-state index contributed by atoms with van der Waals surface area (Å²) in [5.74, 6) is -0.774. The third-order valence-corrected chi connectivity index (χ3v) is 3.07. The van der Waals surface area contributed by atoms with Gasteiger partial charge in [0.1, 0.15) is 11.7 Å². The zero-order chi connectivity index (χ0) is 9.47. The number of carboxylic acids is 1. The van der Waals surface area contributed by atoms with E-state index in [0.717, 1.165) is 3.57 Å². The van der Waals surface area contributed by atoms with Crippen LogP contribution in [-0.4, -0.2) is 21.0 Å². The Morgan fingerprint density at radius 2 is 2.31 bits per heavy atom. The quantitative estimate of drug-likeness (QED) is 0.831. The van der Waals surface area contributed by atoms with Gasteiger partial charge < -0.3 is 5.11 Å². The SMILES string of the molecule is O=C(O)C1(c2ncncc2I)CC1. The zero-order valence-corrected chi connectivity index (χ0v) is 8.85. The first-order valence-electron chi connectivity index (χ1n) is 3.86. The lowest BCUT2D eigenvalue weighted by Gasteiger charge is -2.09. The highest BCUT2D eigenvalue weighted by molar-refractivity contribution is 14.1. The van der Waals surface area contributed by atoms with Gasteiger partial charge >= 0.3 is 5.97 Å². The lowest BCUT2D eigenvalue weighted by molar-refractivity contribution is -0.140. The Kier molecular flexibility index (Phi) is 1.98. The molecule has 0 unspecified atom stereocenters. The molecule has 0 aliphatic heterocycles. The van der Waals surface area contributed by atoms with E-state index in [1.54, 1.807) is 6.20 Å². The third kappa shape index (κ3) is 1.31. The van der Waals surface area contributed by atoms with Crippen LogP contribution in [-0.2, 0) is 10.2 Å². The van der Waals surface area contributed by atoms with Gasteiger partial charge in [-0.05, 0) is 35.4 Å². The Labute approximate surface area is 88.5 Å². The highest BCUT2D eigenvalue weighted by atomic mass is 127. The molecule has 4 nitrogen and oxygen atoms in total. The monoisotopic (exact) mass is 290 g/mol. The van der Waals surface area contributed by atoms with E-state index in [9.17, 15) is 4.79 Å². The molecule has 1 aromatic rings. The van der Waals surface area contributed by atoms with E-state index in [2.05, 4.69) is 32.6 Å². The maximum atomic E-state index is 11.0. The smallest absolute Gasteiger partial charge is 0.315 e. The van der Waals surface area contributed by atoms with E-state index in [1.165, 1.54) is 6.33 Å². The number of hydrogen-bond acceptors (Lipinski definition) is 3. The van der Waals surface area contributed by atoms with Crippen molar-refractivity contribution in [2.24, 2.45) is 0 Å². The molecule has 1 N–H and O–H groups in total. The molecular weight excluding hydrogens is 283 g/mol. The standard InChI is InChI=1S/C8H7IN2O2/c9-5-3-10-4-11-6(5)8(1-2-8)7(12)13/h3-4H,1-2H2,(H,12,13). The average molecular weight is 290 g/mol. The Bertz CT molecular complexity index is 363. The minimum Gasteiger partial charge on any atom is -0.481 e. The molecule has 0 aromatic carbocycles. The minimum atomic E-state index is -0.774. The van der Waals surface area contributed by atoms with Crippen LogP contribution < -0.4 is 0 Å². The van der Waals surface area contributed by atoms with Gasteiger partial charge in [0.05, 0.1) is 9.26 Å². The van der Waals surface area contributed by atoms with Crippen molar-refractivity contribution in [3.05, 3.63) is 21.8 Å². The lowest BCUT2D eigenvalue weighted by atomic mass is 10.0. The van der Waals surface area contributed by atoms with E-state index in [1.807, 2.05) is 0 Å². The molecule has 0 atom stereocenters. The molecule has 1 aliphatic carbocycles. The normalized spacial score (nSPS) is 18.2. The first-order chi connectivity index (χ1) is 6.17. The van der Waals surface area contributed by atoms with Crippen LogP contribution in [0.2, 0.25) is 0 Å². The molecule has 0 radical (unpaired) electrons. The van der Waals surface area contributed by atoms with Crippen molar-refractivity contribution in [1.82, 2.24) is 9.97 Å². The van der Waals surface area contributed by atoms with Gasteiger partial charge in [0.2, 0.25) is 0 Å². The van der Waals surface area contributed by atoms with Gasteiger partial charge in [0.15, 0.2) is 0 Å². The second-order valence-corrected chi connectivity index (χ2v) is 4.27. The van der Waals surface area contributed by atoms with Crippen LogP contribution in [0.15, 0.2) is 12.5 Å². The largest absolute Gasteiger partial charge is 0.481 e. The average Bonchev–Trinajstić information content (AvgIpc) is 2.85. The van der Waals surface area contributed by atoms with Crippen LogP contribution in [0.4, 0.5) is 0 Å². The van der Waals surface area contributed by atoms with Crippen LogP contribution in [0.25, 0.3) is 0 Å². The number of carboxylic acid groups (broad SMARTS) is 1. The van der Waals surface area contributed by atoms with Gasteiger partial charge in [-0.25, -0.2) is 9.97 Å². The first-order valence-corrected chi connectivity index (χ1v) is 4.94. The van der Waals surface area contributed by atoms with Gasteiger partial charge in [-0.2, -0.15) is 0 Å². The fourth-order valence-corrected chi connectivity index (χ4v) is 2.16. The topological polar surface area (TPSA) is 63.1 Å².